The van der Waals surface area contributed by atoms with E-state index >= 15 is 0 Å². The summed E-state index contributed by atoms with van der Waals surface area (Å²) in [6.45, 7) is 3.66. The predicted octanol–water partition coefficient (Wildman–Crippen LogP) is 3.58. The van der Waals surface area contributed by atoms with Crippen LogP contribution in [0.4, 0.5) is 11.4 Å². The molecular weight excluding hydrogens is 360 g/mol. The summed E-state index contributed by atoms with van der Waals surface area (Å²) in [5, 5.41) is 0. The minimum atomic E-state index is -0.305. The van der Waals surface area contributed by atoms with Crippen molar-refractivity contribution in [2.24, 2.45) is 5.92 Å². The molecule has 2 aliphatic heterocycles. The maximum absolute atomic E-state index is 13.1. The number of amides is 2. The molecule has 6 heteroatoms. The Labute approximate surface area is 163 Å². The molecule has 2 aromatic rings. The van der Waals surface area contributed by atoms with Gasteiger partial charge in [-0.1, -0.05) is 12.1 Å². The second-order valence-electron chi connectivity index (χ2n) is 6.64. The van der Waals surface area contributed by atoms with Crippen LogP contribution in [0.3, 0.4) is 0 Å². The lowest BCUT2D eigenvalue weighted by atomic mass is 10.1. The van der Waals surface area contributed by atoms with Gasteiger partial charge < -0.3 is 14.5 Å². The van der Waals surface area contributed by atoms with Crippen molar-refractivity contribution in [1.29, 1.82) is 0 Å². The van der Waals surface area contributed by atoms with Crippen LogP contribution in [-0.2, 0) is 9.59 Å². The number of hydrogen-bond acceptors (Lipinski definition) is 4. The molecule has 0 saturated carbocycles. The van der Waals surface area contributed by atoms with Crippen molar-refractivity contribution in [3.63, 3.8) is 0 Å². The molecule has 27 heavy (non-hydrogen) atoms. The number of ether oxygens (including phenoxy) is 1. The number of carbonyl (C=O) groups is 2. The van der Waals surface area contributed by atoms with Crippen LogP contribution < -0.4 is 14.5 Å². The summed E-state index contributed by atoms with van der Waals surface area (Å²) >= 11 is 1.77. The van der Waals surface area contributed by atoms with Gasteiger partial charge in [0.2, 0.25) is 11.8 Å². The van der Waals surface area contributed by atoms with Gasteiger partial charge in [0.05, 0.1) is 18.2 Å². The van der Waals surface area contributed by atoms with Crippen LogP contribution >= 0.6 is 11.8 Å². The monoisotopic (exact) mass is 382 g/mol. The molecule has 2 aromatic carbocycles. The first-order valence-corrected chi connectivity index (χ1v) is 10.2. The molecule has 5 nitrogen and oxygen atoms in total. The molecule has 0 unspecified atom stereocenters. The van der Waals surface area contributed by atoms with E-state index in [1.165, 1.54) is 0 Å². The minimum Gasteiger partial charge on any atom is -0.494 e. The highest BCUT2D eigenvalue weighted by molar-refractivity contribution is 7.99. The fourth-order valence-corrected chi connectivity index (χ4v) is 4.63. The maximum Gasteiger partial charge on any atom is 0.232 e. The van der Waals surface area contributed by atoms with Crippen molar-refractivity contribution in [3.05, 3.63) is 48.5 Å². The lowest BCUT2D eigenvalue weighted by Crippen LogP contribution is -2.40. The van der Waals surface area contributed by atoms with E-state index in [-0.39, 0.29) is 24.2 Å². The quantitative estimate of drug-likeness (QED) is 0.811. The Morgan fingerprint density at radius 3 is 2.74 bits per heavy atom. The zero-order valence-corrected chi connectivity index (χ0v) is 16.1. The van der Waals surface area contributed by atoms with Crippen LogP contribution in [0.5, 0.6) is 5.75 Å². The number of benzene rings is 2. The highest BCUT2D eigenvalue weighted by Gasteiger charge is 2.38. The molecule has 0 N–H and O–H groups in total. The third-order valence-corrected chi connectivity index (χ3v) is 5.97. The molecular formula is C21H22N2O3S. The second-order valence-corrected chi connectivity index (χ2v) is 7.78. The molecule has 2 aliphatic rings. The first-order chi connectivity index (χ1) is 13.2. The van der Waals surface area contributed by atoms with Gasteiger partial charge >= 0.3 is 0 Å². The summed E-state index contributed by atoms with van der Waals surface area (Å²) in [5.41, 5.74) is 1.78. The average molecular weight is 382 g/mol. The van der Waals surface area contributed by atoms with Gasteiger partial charge in [-0.25, -0.2) is 0 Å². The summed E-state index contributed by atoms with van der Waals surface area (Å²) in [5.74, 6) is 1.40. The first-order valence-electron chi connectivity index (χ1n) is 9.24. The van der Waals surface area contributed by atoms with Crippen LogP contribution in [0.25, 0.3) is 0 Å². The van der Waals surface area contributed by atoms with E-state index in [1.807, 2.05) is 60.4 Å². The summed E-state index contributed by atoms with van der Waals surface area (Å²) in [6.07, 6.45) is 0.262. The van der Waals surface area contributed by atoms with Gasteiger partial charge in [0, 0.05) is 35.8 Å². The number of hydrogen-bond donors (Lipinski definition) is 0. The van der Waals surface area contributed by atoms with Gasteiger partial charge in [-0.15, -0.1) is 11.8 Å². The number of rotatable bonds is 4. The highest BCUT2D eigenvalue weighted by Crippen LogP contribution is 2.36. The molecule has 1 fully saturated rings. The van der Waals surface area contributed by atoms with E-state index in [9.17, 15) is 9.59 Å². The summed E-state index contributed by atoms with van der Waals surface area (Å²) in [4.78, 5) is 30.4. The Balaban J connectivity index is 1.50. The average Bonchev–Trinajstić information content (AvgIpc) is 3.09. The van der Waals surface area contributed by atoms with Gasteiger partial charge in [-0.3, -0.25) is 9.59 Å². The first kappa shape index (κ1) is 17.9. The maximum atomic E-state index is 13.1. The number of nitrogens with zero attached hydrogens (tertiary/aromatic N) is 2. The SMILES string of the molecule is CCOc1ccc(N2C[C@@H](C(=O)N3CCSc4ccccc43)CC2=O)cc1. The van der Waals surface area contributed by atoms with Crippen LogP contribution in [0.1, 0.15) is 13.3 Å². The Morgan fingerprint density at radius 2 is 1.96 bits per heavy atom. The zero-order valence-electron chi connectivity index (χ0n) is 15.3. The van der Waals surface area contributed by atoms with Crippen molar-refractivity contribution in [3.8, 4) is 5.75 Å². The highest BCUT2D eigenvalue weighted by atomic mass is 32.2. The topological polar surface area (TPSA) is 49.9 Å². The Hall–Kier alpha value is -2.47. The fraction of sp³-hybridized carbons (Fsp3) is 0.333. The van der Waals surface area contributed by atoms with Gasteiger partial charge in [-0.2, -0.15) is 0 Å². The summed E-state index contributed by atoms with van der Waals surface area (Å²) in [7, 11) is 0. The predicted molar refractivity (Wildman–Crippen MR) is 108 cm³/mol. The Kier molecular flexibility index (Phi) is 5.07. The molecule has 0 spiro atoms. The van der Waals surface area contributed by atoms with Crippen LogP contribution in [0, 0.1) is 5.92 Å². The Morgan fingerprint density at radius 1 is 1.19 bits per heavy atom. The van der Waals surface area contributed by atoms with Gasteiger partial charge in [0.25, 0.3) is 0 Å². The van der Waals surface area contributed by atoms with E-state index in [2.05, 4.69) is 0 Å². The van der Waals surface area contributed by atoms with E-state index in [1.54, 1.807) is 16.7 Å². The lowest BCUT2D eigenvalue weighted by molar-refractivity contribution is -0.124. The summed E-state index contributed by atoms with van der Waals surface area (Å²) in [6, 6.07) is 15.5. The van der Waals surface area contributed by atoms with E-state index in [0.29, 0.717) is 19.7 Å². The van der Waals surface area contributed by atoms with E-state index in [0.717, 1.165) is 27.8 Å². The normalized spacial score (nSPS) is 19.1. The molecule has 0 aliphatic carbocycles. The fourth-order valence-electron chi connectivity index (χ4n) is 3.63. The lowest BCUT2D eigenvalue weighted by Gasteiger charge is -2.30. The number of carbonyl (C=O) groups excluding carboxylic acids is 2. The second kappa shape index (κ2) is 7.64. The number of para-hydroxylation sites is 1. The third-order valence-electron chi connectivity index (χ3n) is 4.93. The molecule has 1 saturated heterocycles. The van der Waals surface area contributed by atoms with Crippen LogP contribution in [-0.4, -0.2) is 37.3 Å². The molecule has 1 atom stereocenters. The molecule has 2 amide bonds. The van der Waals surface area contributed by atoms with Crippen molar-refractivity contribution in [2.75, 3.05) is 35.2 Å². The van der Waals surface area contributed by atoms with Crippen molar-refractivity contribution < 1.29 is 14.3 Å². The smallest absolute Gasteiger partial charge is 0.232 e. The minimum absolute atomic E-state index is 0.00261. The van der Waals surface area contributed by atoms with Crippen molar-refractivity contribution >= 4 is 35.0 Å². The molecule has 4 rings (SSSR count). The number of thioether (sulfide) groups is 1. The Bertz CT molecular complexity index is 853. The number of anilines is 2. The molecule has 0 radical (unpaired) electrons. The van der Waals surface area contributed by atoms with Crippen LogP contribution in [0.15, 0.2) is 53.4 Å². The van der Waals surface area contributed by atoms with Gasteiger partial charge in [-0.05, 0) is 43.3 Å². The van der Waals surface area contributed by atoms with Gasteiger partial charge in [0.1, 0.15) is 5.75 Å². The van der Waals surface area contributed by atoms with Crippen molar-refractivity contribution in [2.45, 2.75) is 18.2 Å². The third kappa shape index (κ3) is 3.54. The van der Waals surface area contributed by atoms with Gasteiger partial charge in [0.15, 0.2) is 0 Å². The molecule has 0 aromatic heterocycles. The van der Waals surface area contributed by atoms with E-state index in [4.69, 9.17) is 4.74 Å². The summed E-state index contributed by atoms with van der Waals surface area (Å²) < 4.78 is 5.46. The van der Waals surface area contributed by atoms with Crippen molar-refractivity contribution in [1.82, 2.24) is 0 Å². The van der Waals surface area contributed by atoms with E-state index < -0.39 is 0 Å². The number of fused-ring (bicyclic) bond motifs is 1. The molecule has 2 heterocycles. The standard InChI is InChI=1S/C21H22N2O3S/c1-2-26-17-9-7-16(8-10-17)23-14-15(13-20(23)24)21(25)22-11-12-27-19-6-4-3-5-18(19)22/h3-10,15H,2,11-14H2,1H3/t15-/m0/s1. The van der Waals surface area contributed by atoms with Crippen LogP contribution in [0.2, 0.25) is 0 Å². The largest absolute Gasteiger partial charge is 0.494 e. The zero-order chi connectivity index (χ0) is 18.8. The molecule has 140 valence electrons. The molecule has 0 bridgehead atoms.